The van der Waals surface area contributed by atoms with Crippen LogP contribution in [0.3, 0.4) is 0 Å². The van der Waals surface area contributed by atoms with Crippen molar-refractivity contribution in [2.45, 2.75) is 95.5 Å². The van der Waals surface area contributed by atoms with Crippen LogP contribution in [0.5, 0.6) is 0 Å². The third-order valence-corrected chi connectivity index (χ3v) is 6.80. The van der Waals surface area contributed by atoms with Crippen molar-refractivity contribution in [1.82, 2.24) is 0 Å². The summed E-state index contributed by atoms with van der Waals surface area (Å²) in [4.78, 5) is 12.5. The molecule has 4 saturated carbocycles. The van der Waals surface area contributed by atoms with E-state index in [1.807, 2.05) is 6.92 Å². The molecular formula is C20H32O4. The Kier molecular flexibility index (Phi) is 4.41. The van der Waals surface area contributed by atoms with Gasteiger partial charge in [0.1, 0.15) is 5.60 Å². The molecule has 136 valence electrons. The van der Waals surface area contributed by atoms with Crippen LogP contribution in [0.2, 0.25) is 0 Å². The van der Waals surface area contributed by atoms with Crippen LogP contribution in [-0.2, 0) is 19.0 Å². The molecule has 0 radical (unpaired) electrons. The van der Waals surface area contributed by atoms with Gasteiger partial charge >= 0.3 is 5.97 Å². The molecule has 4 bridgehead atoms. The minimum absolute atomic E-state index is 0.00319. The van der Waals surface area contributed by atoms with E-state index in [-0.39, 0.29) is 29.4 Å². The maximum absolute atomic E-state index is 12.5. The average Bonchev–Trinajstić information content (AvgIpc) is 2.52. The van der Waals surface area contributed by atoms with E-state index in [1.54, 1.807) is 0 Å². The first-order valence-electron chi connectivity index (χ1n) is 10.0. The molecule has 4 heteroatoms. The van der Waals surface area contributed by atoms with Gasteiger partial charge in [-0.15, -0.1) is 0 Å². The third kappa shape index (κ3) is 3.12. The summed E-state index contributed by atoms with van der Waals surface area (Å²) in [6.07, 6.45) is 10.7. The Labute approximate surface area is 145 Å². The van der Waals surface area contributed by atoms with Crippen LogP contribution in [0.25, 0.3) is 0 Å². The molecule has 0 amide bonds. The molecule has 5 rings (SSSR count). The zero-order valence-corrected chi connectivity index (χ0v) is 15.2. The van der Waals surface area contributed by atoms with Gasteiger partial charge in [-0.05, 0) is 69.6 Å². The van der Waals surface area contributed by atoms with Crippen molar-refractivity contribution in [2.75, 3.05) is 6.61 Å². The molecule has 4 nitrogen and oxygen atoms in total. The topological polar surface area (TPSA) is 44.8 Å². The zero-order chi connectivity index (χ0) is 16.8. The highest BCUT2D eigenvalue weighted by atomic mass is 16.7. The summed E-state index contributed by atoms with van der Waals surface area (Å²) in [6, 6.07) is 0. The first kappa shape index (κ1) is 16.8. The van der Waals surface area contributed by atoms with Crippen molar-refractivity contribution in [2.24, 2.45) is 17.8 Å². The van der Waals surface area contributed by atoms with Gasteiger partial charge in [-0.2, -0.15) is 0 Å². The van der Waals surface area contributed by atoms with Gasteiger partial charge in [0.25, 0.3) is 0 Å². The van der Waals surface area contributed by atoms with E-state index in [0.29, 0.717) is 11.8 Å². The molecule has 1 heterocycles. The molecule has 0 spiro atoms. The highest BCUT2D eigenvalue weighted by Crippen LogP contribution is 2.60. The van der Waals surface area contributed by atoms with E-state index in [1.165, 1.54) is 12.8 Å². The van der Waals surface area contributed by atoms with Crippen molar-refractivity contribution < 1.29 is 19.0 Å². The van der Waals surface area contributed by atoms with Gasteiger partial charge in [-0.1, -0.05) is 13.8 Å². The fourth-order valence-electron chi connectivity index (χ4n) is 5.92. The van der Waals surface area contributed by atoms with Gasteiger partial charge in [0.2, 0.25) is 0 Å². The van der Waals surface area contributed by atoms with E-state index < -0.39 is 0 Å². The maximum atomic E-state index is 12.5. The van der Waals surface area contributed by atoms with E-state index in [4.69, 9.17) is 14.2 Å². The van der Waals surface area contributed by atoms with E-state index in [0.717, 1.165) is 58.0 Å². The van der Waals surface area contributed by atoms with Crippen LogP contribution in [0, 0.1) is 17.8 Å². The van der Waals surface area contributed by atoms with Crippen LogP contribution >= 0.6 is 0 Å². The summed E-state index contributed by atoms with van der Waals surface area (Å²) < 4.78 is 18.6. The highest BCUT2D eigenvalue weighted by molar-refractivity contribution is 5.72. The smallest absolute Gasteiger partial charge is 0.309 e. The molecule has 0 N–H and O–H groups in total. The second kappa shape index (κ2) is 6.28. The quantitative estimate of drug-likeness (QED) is 0.706. The van der Waals surface area contributed by atoms with E-state index in [9.17, 15) is 4.79 Å². The van der Waals surface area contributed by atoms with Gasteiger partial charge in [-0.25, -0.2) is 0 Å². The normalized spacial score (nSPS) is 45.2. The van der Waals surface area contributed by atoms with Crippen LogP contribution in [0.4, 0.5) is 0 Å². The fourth-order valence-corrected chi connectivity index (χ4v) is 5.92. The third-order valence-electron chi connectivity index (χ3n) is 6.80. The lowest BCUT2D eigenvalue weighted by atomic mass is 9.52. The van der Waals surface area contributed by atoms with Crippen LogP contribution in [0.1, 0.15) is 78.1 Å². The van der Waals surface area contributed by atoms with Gasteiger partial charge < -0.3 is 14.2 Å². The number of ether oxygens (including phenoxy) is 3. The lowest BCUT2D eigenvalue weighted by Crippen LogP contribution is -2.62. The molecule has 4 atom stereocenters. The first-order valence-corrected chi connectivity index (χ1v) is 10.0. The van der Waals surface area contributed by atoms with Crippen molar-refractivity contribution in [1.29, 1.82) is 0 Å². The van der Waals surface area contributed by atoms with Gasteiger partial charge in [0, 0.05) is 13.0 Å². The van der Waals surface area contributed by atoms with E-state index in [2.05, 4.69) is 6.92 Å². The molecular weight excluding hydrogens is 304 g/mol. The standard InChI is InChI=1S/C20H32O4/c1-3-14(2)18(21)24-20-11-15-8-16(12-20)10-19(9-15,13-20)23-17-6-4-5-7-22-17/h14-17H,3-13H2,1-2H3. The molecule has 1 aliphatic heterocycles. The summed E-state index contributed by atoms with van der Waals surface area (Å²) in [5, 5.41) is 0. The Hall–Kier alpha value is -0.610. The zero-order valence-electron chi connectivity index (χ0n) is 15.2. The Morgan fingerprint density at radius 1 is 1.17 bits per heavy atom. The molecule has 5 fully saturated rings. The monoisotopic (exact) mass is 336 g/mol. The molecule has 5 aliphatic rings. The molecule has 4 unspecified atom stereocenters. The van der Waals surface area contributed by atoms with Crippen LogP contribution < -0.4 is 0 Å². The Balaban J connectivity index is 1.50. The predicted molar refractivity (Wildman–Crippen MR) is 90.4 cm³/mol. The van der Waals surface area contributed by atoms with Gasteiger partial charge in [0.05, 0.1) is 11.5 Å². The van der Waals surface area contributed by atoms with Crippen molar-refractivity contribution in [3.63, 3.8) is 0 Å². The second-order valence-electron chi connectivity index (χ2n) is 8.97. The minimum Gasteiger partial charge on any atom is -0.459 e. The summed E-state index contributed by atoms with van der Waals surface area (Å²) in [5.41, 5.74) is -0.374. The molecule has 0 aromatic carbocycles. The average molecular weight is 336 g/mol. The Bertz CT molecular complexity index is 468. The largest absolute Gasteiger partial charge is 0.459 e. The lowest BCUT2D eigenvalue weighted by molar-refractivity contribution is -0.290. The summed E-state index contributed by atoms with van der Waals surface area (Å²) in [5.74, 6) is 1.29. The molecule has 24 heavy (non-hydrogen) atoms. The molecule has 0 aromatic heterocycles. The number of esters is 1. The second-order valence-corrected chi connectivity index (χ2v) is 8.97. The van der Waals surface area contributed by atoms with Gasteiger partial charge in [0.15, 0.2) is 6.29 Å². The van der Waals surface area contributed by atoms with Crippen LogP contribution in [-0.4, -0.2) is 30.1 Å². The van der Waals surface area contributed by atoms with Crippen LogP contribution in [0.15, 0.2) is 0 Å². The van der Waals surface area contributed by atoms with Crippen molar-refractivity contribution >= 4 is 5.97 Å². The van der Waals surface area contributed by atoms with Crippen molar-refractivity contribution in [3.05, 3.63) is 0 Å². The van der Waals surface area contributed by atoms with Gasteiger partial charge in [-0.3, -0.25) is 4.79 Å². The number of carbonyl (C=O) groups excluding carboxylic acids is 1. The Morgan fingerprint density at radius 3 is 2.50 bits per heavy atom. The number of rotatable bonds is 5. The van der Waals surface area contributed by atoms with E-state index >= 15 is 0 Å². The Morgan fingerprint density at radius 2 is 1.88 bits per heavy atom. The lowest BCUT2D eigenvalue weighted by Gasteiger charge is -2.61. The number of carbonyl (C=O) groups is 1. The highest BCUT2D eigenvalue weighted by Gasteiger charge is 2.61. The fraction of sp³-hybridized carbons (Fsp3) is 0.950. The predicted octanol–water partition coefficient (Wildman–Crippen LogP) is 4.21. The van der Waals surface area contributed by atoms with Crippen molar-refractivity contribution in [3.8, 4) is 0 Å². The maximum Gasteiger partial charge on any atom is 0.309 e. The SMILES string of the molecule is CCC(C)C(=O)OC12CC3CC(C1)CC(OC1CCCCO1)(C3)C2. The minimum atomic E-state index is -0.265. The molecule has 4 aliphatic carbocycles. The first-order chi connectivity index (χ1) is 11.5. The number of hydrogen-bond acceptors (Lipinski definition) is 4. The summed E-state index contributed by atoms with van der Waals surface area (Å²) in [6.45, 7) is 4.85. The summed E-state index contributed by atoms with van der Waals surface area (Å²) in [7, 11) is 0. The number of hydrogen-bond donors (Lipinski definition) is 0. The summed E-state index contributed by atoms with van der Waals surface area (Å²) >= 11 is 0. The molecule has 0 aromatic rings. The molecule has 1 saturated heterocycles.